The van der Waals surface area contributed by atoms with Crippen molar-refractivity contribution in [3.05, 3.63) is 35.1 Å². The van der Waals surface area contributed by atoms with Crippen molar-refractivity contribution in [2.24, 2.45) is 5.73 Å². The van der Waals surface area contributed by atoms with Gasteiger partial charge in [0.05, 0.1) is 0 Å². The van der Waals surface area contributed by atoms with Gasteiger partial charge < -0.3 is 10.5 Å². The molecule has 0 spiro atoms. The van der Waals surface area contributed by atoms with E-state index in [4.69, 9.17) is 10.5 Å². The van der Waals surface area contributed by atoms with Crippen LogP contribution in [0.3, 0.4) is 0 Å². The predicted octanol–water partition coefficient (Wildman–Crippen LogP) is 1.95. The second kappa shape index (κ2) is 4.07. The normalized spacial score (nSPS) is 15.2. The number of ether oxygens (including phenoxy) is 1. The van der Waals surface area contributed by atoms with Crippen LogP contribution in [0.25, 0.3) is 0 Å². The van der Waals surface area contributed by atoms with Gasteiger partial charge in [-0.1, -0.05) is 12.1 Å². The third kappa shape index (κ3) is 1.79. The molecule has 1 atom stereocenters. The Morgan fingerprint density at radius 1 is 1.50 bits per heavy atom. The SMILES string of the molecule is COC(C)(CN)c1c(C)cccc1F. The number of rotatable bonds is 3. The molecule has 3 heteroatoms. The van der Waals surface area contributed by atoms with Gasteiger partial charge in [-0.05, 0) is 25.5 Å². The highest BCUT2D eigenvalue weighted by Gasteiger charge is 2.29. The zero-order chi connectivity index (χ0) is 10.8. The van der Waals surface area contributed by atoms with E-state index in [0.29, 0.717) is 5.56 Å². The van der Waals surface area contributed by atoms with Crippen molar-refractivity contribution >= 4 is 0 Å². The van der Waals surface area contributed by atoms with Crippen LogP contribution in [-0.4, -0.2) is 13.7 Å². The lowest BCUT2D eigenvalue weighted by Crippen LogP contribution is -2.35. The molecule has 1 aromatic rings. The van der Waals surface area contributed by atoms with Gasteiger partial charge in [0.15, 0.2) is 0 Å². The molecule has 14 heavy (non-hydrogen) atoms. The Bertz CT molecular complexity index is 301. The van der Waals surface area contributed by atoms with Gasteiger partial charge in [-0.2, -0.15) is 0 Å². The van der Waals surface area contributed by atoms with Gasteiger partial charge in [0.1, 0.15) is 11.4 Å². The first-order chi connectivity index (χ1) is 6.55. The molecule has 0 bridgehead atoms. The number of halogens is 1. The van der Waals surface area contributed by atoms with Crippen molar-refractivity contribution in [2.45, 2.75) is 19.4 Å². The van der Waals surface area contributed by atoms with E-state index < -0.39 is 5.60 Å². The summed E-state index contributed by atoms with van der Waals surface area (Å²) >= 11 is 0. The van der Waals surface area contributed by atoms with E-state index in [9.17, 15) is 4.39 Å². The fraction of sp³-hybridized carbons (Fsp3) is 0.455. The first kappa shape index (κ1) is 11.1. The average molecular weight is 197 g/mol. The second-order valence-electron chi connectivity index (χ2n) is 3.57. The summed E-state index contributed by atoms with van der Waals surface area (Å²) < 4.78 is 18.9. The smallest absolute Gasteiger partial charge is 0.129 e. The molecule has 1 aromatic carbocycles. The predicted molar refractivity (Wildman–Crippen MR) is 54.6 cm³/mol. The molecule has 0 saturated carbocycles. The summed E-state index contributed by atoms with van der Waals surface area (Å²) in [4.78, 5) is 0. The quantitative estimate of drug-likeness (QED) is 0.803. The van der Waals surface area contributed by atoms with Crippen molar-refractivity contribution in [3.8, 4) is 0 Å². The lowest BCUT2D eigenvalue weighted by atomic mass is 9.91. The van der Waals surface area contributed by atoms with E-state index >= 15 is 0 Å². The Morgan fingerprint density at radius 2 is 2.14 bits per heavy atom. The second-order valence-corrected chi connectivity index (χ2v) is 3.57. The molecule has 1 unspecified atom stereocenters. The number of hydrogen-bond donors (Lipinski definition) is 1. The van der Waals surface area contributed by atoms with Crippen molar-refractivity contribution in [1.82, 2.24) is 0 Å². The molecule has 0 aliphatic heterocycles. The highest BCUT2D eigenvalue weighted by atomic mass is 19.1. The maximum absolute atomic E-state index is 13.6. The van der Waals surface area contributed by atoms with Crippen LogP contribution in [0.15, 0.2) is 18.2 Å². The van der Waals surface area contributed by atoms with Crippen LogP contribution in [0.1, 0.15) is 18.1 Å². The monoisotopic (exact) mass is 197 g/mol. The maximum Gasteiger partial charge on any atom is 0.129 e. The van der Waals surface area contributed by atoms with Gasteiger partial charge in [-0.3, -0.25) is 0 Å². The fourth-order valence-electron chi connectivity index (χ4n) is 1.59. The molecule has 0 aliphatic rings. The molecule has 0 aliphatic carbocycles. The van der Waals surface area contributed by atoms with Gasteiger partial charge in [-0.15, -0.1) is 0 Å². The van der Waals surface area contributed by atoms with Crippen molar-refractivity contribution in [1.29, 1.82) is 0 Å². The van der Waals surface area contributed by atoms with Crippen LogP contribution in [0.5, 0.6) is 0 Å². The van der Waals surface area contributed by atoms with E-state index in [2.05, 4.69) is 0 Å². The zero-order valence-corrected chi connectivity index (χ0v) is 8.80. The molecule has 78 valence electrons. The van der Waals surface area contributed by atoms with Gasteiger partial charge >= 0.3 is 0 Å². The Balaban J connectivity index is 3.29. The number of benzene rings is 1. The third-order valence-corrected chi connectivity index (χ3v) is 2.59. The molecular formula is C11H16FNO. The maximum atomic E-state index is 13.6. The standard InChI is InChI=1S/C11H16FNO/c1-8-5-4-6-9(12)10(8)11(2,7-13)14-3/h4-6H,7,13H2,1-3H3. The summed E-state index contributed by atoms with van der Waals surface area (Å²) in [5, 5.41) is 0. The number of nitrogens with two attached hydrogens (primary N) is 1. The van der Waals surface area contributed by atoms with Gasteiger partial charge in [0.25, 0.3) is 0 Å². The molecular weight excluding hydrogens is 181 g/mol. The van der Waals surface area contributed by atoms with E-state index in [1.54, 1.807) is 20.1 Å². The third-order valence-electron chi connectivity index (χ3n) is 2.59. The highest BCUT2D eigenvalue weighted by Crippen LogP contribution is 2.28. The molecule has 0 radical (unpaired) electrons. The van der Waals surface area contributed by atoms with E-state index in [1.165, 1.54) is 6.07 Å². The van der Waals surface area contributed by atoms with Gasteiger partial charge in [0.2, 0.25) is 0 Å². The molecule has 1 rings (SSSR count). The topological polar surface area (TPSA) is 35.2 Å². The minimum Gasteiger partial charge on any atom is -0.372 e. The molecule has 0 amide bonds. The fourth-order valence-corrected chi connectivity index (χ4v) is 1.59. The van der Waals surface area contributed by atoms with Gasteiger partial charge in [0, 0.05) is 19.2 Å². The van der Waals surface area contributed by atoms with Crippen LogP contribution >= 0.6 is 0 Å². The molecule has 2 nitrogen and oxygen atoms in total. The van der Waals surface area contributed by atoms with Crippen LogP contribution in [0.4, 0.5) is 4.39 Å². The van der Waals surface area contributed by atoms with E-state index in [1.807, 2.05) is 13.0 Å². The minimum atomic E-state index is -0.741. The van der Waals surface area contributed by atoms with Crippen molar-refractivity contribution in [3.63, 3.8) is 0 Å². The lowest BCUT2D eigenvalue weighted by Gasteiger charge is -2.28. The van der Waals surface area contributed by atoms with Crippen LogP contribution in [-0.2, 0) is 10.3 Å². The molecule has 0 aromatic heterocycles. The summed E-state index contributed by atoms with van der Waals surface area (Å²) in [6.07, 6.45) is 0. The Hall–Kier alpha value is -0.930. The summed E-state index contributed by atoms with van der Waals surface area (Å²) in [6.45, 7) is 3.90. The van der Waals surface area contributed by atoms with Crippen LogP contribution < -0.4 is 5.73 Å². The lowest BCUT2D eigenvalue weighted by molar-refractivity contribution is 0.00663. The number of hydrogen-bond acceptors (Lipinski definition) is 2. The molecule has 0 saturated heterocycles. The zero-order valence-electron chi connectivity index (χ0n) is 8.80. The summed E-state index contributed by atoms with van der Waals surface area (Å²) in [5.41, 5.74) is 6.26. The molecule has 2 N–H and O–H groups in total. The summed E-state index contributed by atoms with van der Waals surface area (Å²) in [6, 6.07) is 4.96. The Morgan fingerprint density at radius 3 is 2.57 bits per heavy atom. The summed E-state index contributed by atoms with van der Waals surface area (Å²) in [5.74, 6) is -0.264. The van der Waals surface area contributed by atoms with Crippen LogP contribution in [0, 0.1) is 12.7 Å². The van der Waals surface area contributed by atoms with E-state index in [0.717, 1.165) is 5.56 Å². The number of methoxy groups -OCH3 is 1. The first-order valence-corrected chi connectivity index (χ1v) is 4.56. The van der Waals surface area contributed by atoms with Crippen molar-refractivity contribution in [2.75, 3.05) is 13.7 Å². The average Bonchev–Trinajstić information content (AvgIpc) is 2.17. The van der Waals surface area contributed by atoms with E-state index in [-0.39, 0.29) is 12.4 Å². The summed E-state index contributed by atoms with van der Waals surface area (Å²) in [7, 11) is 1.54. The number of aryl methyl sites for hydroxylation is 1. The van der Waals surface area contributed by atoms with Crippen molar-refractivity contribution < 1.29 is 9.13 Å². The molecule has 0 heterocycles. The molecule has 0 fully saturated rings. The minimum absolute atomic E-state index is 0.255. The first-order valence-electron chi connectivity index (χ1n) is 4.56. The van der Waals surface area contributed by atoms with Gasteiger partial charge in [-0.25, -0.2) is 4.39 Å². The Kier molecular flexibility index (Phi) is 3.24. The highest BCUT2D eigenvalue weighted by molar-refractivity contribution is 5.32. The van der Waals surface area contributed by atoms with Crippen LogP contribution in [0.2, 0.25) is 0 Å². The Labute approximate surface area is 83.9 Å². The largest absolute Gasteiger partial charge is 0.372 e.